The van der Waals surface area contributed by atoms with Crippen molar-refractivity contribution in [3.05, 3.63) is 48.3 Å². The minimum absolute atomic E-state index is 0.0240. The molecule has 0 bridgehead atoms. The summed E-state index contributed by atoms with van der Waals surface area (Å²) >= 11 is 1.60. The van der Waals surface area contributed by atoms with Gasteiger partial charge in [0.25, 0.3) is 0 Å². The van der Waals surface area contributed by atoms with Gasteiger partial charge in [-0.15, -0.1) is 10.2 Å². The van der Waals surface area contributed by atoms with Crippen molar-refractivity contribution in [3.63, 3.8) is 0 Å². The van der Waals surface area contributed by atoms with Crippen molar-refractivity contribution in [2.45, 2.75) is 10.5 Å². The molecule has 1 aromatic carbocycles. The zero-order chi connectivity index (χ0) is 16.5. The molecule has 0 radical (unpaired) electrons. The fraction of sp³-hybridized carbons (Fsp3) is 0.188. The highest BCUT2D eigenvalue weighted by atomic mass is 32.2. The lowest BCUT2D eigenvalue weighted by molar-refractivity contribution is 0.354. The van der Waals surface area contributed by atoms with Crippen molar-refractivity contribution in [1.82, 2.24) is 19.9 Å². The third-order valence-electron chi connectivity index (χ3n) is 3.75. The summed E-state index contributed by atoms with van der Waals surface area (Å²) < 4.78 is 12.6. The highest BCUT2D eigenvalue weighted by molar-refractivity contribution is 7.99. The van der Waals surface area contributed by atoms with E-state index in [1.54, 1.807) is 38.4 Å². The second-order valence-corrected chi connectivity index (χ2v) is 6.19. The molecule has 3 heterocycles. The quantitative estimate of drug-likeness (QED) is 0.782. The van der Waals surface area contributed by atoms with E-state index in [4.69, 9.17) is 9.47 Å². The first-order valence-electron chi connectivity index (χ1n) is 7.31. The van der Waals surface area contributed by atoms with Crippen LogP contribution >= 0.6 is 11.8 Å². The third-order valence-corrected chi connectivity index (χ3v) is 4.84. The van der Waals surface area contributed by atoms with Crippen LogP contribution in [-0.4, -0.2) is 34.1 Å². The lowest BCUT2D eigenvalue weighted by atomic mass is 10.2. The Labute approximate surface area is 143 Å². The Bertz CT molecular complexity index is 868. The second-order valence-electron chi connectivity index (χ2n) is 5.12. The van der Waals surface area contributed by atoms with E-state index in [9.17, 15) is 0 Å². The van der Waals surface area contributed by atoms with Crippen LogP contribution < -0.4 is 14.9 Å². The van der Waals surface area contributed by atoms with E-state index in [1.165, 1.54) is 0 Å². The molecule has 0 amide bonds. The summed E-state index contributed by atoms with van der Waals surface area (Å²) in [6.45, 7) is 0. The first-order valence-corrected chi connectivity index (χ1v) is 8.19. The van der Waals surface area contributed by atoms with Crippen LogP contribution in [-0.2, 0) is 0 Å². The molecular weight excluding hydrogens is 326 g/mol. The molecule has 1 N–H and O–H groups in total. The number of nitrogens with zero attached hydrogens (tertiary/aromatic N) is 4. The maximum atomic E-state index is 5.38. The highest BCUT2D eigenvalue weighted by Crippen LogP contribution is 2.42. The topological polar surface area (TPSA) is 74.1 Å². The Morgan fingerprint density at radius 2 is 1.83 bits per heavy atom. The van der Waals surface area contributed by atoms with Gasteiger partial charge < -0.3 is 14.9 Å². The number of hydrogen-bond acceptors (Lipinski definition) is 7. The number of benzene rings is 1. The fourth-order valence-electron chi connectivity index (χ4n) is 2.56. The zero-order valence-corrected chi connectivity index (χ0v) is 13.9. The van der Waals surface area contributed by atoms with Crippen LogP contribution in [0.4, 0.5) is 0 Å². The Hall–Kier alpha value is -2.74. The van der Waals surface area contributed by atoms with E-state index in [0.717, 1.165) is 22.1 Å². The van der Waals surface area contributed by atoms with E-state index < -0.39 is 0 Å². The maximum absolute atomic E-state index is 5.38. The van der Waals surface area contributed by atoms with Gasteiger partial charge in [-0.2, -0.15) is 0 Å². The summed E-state index contributed by atoms with van der Waals surface area (Å²) in [5, 5.41) is 9.36. The Morgan fingerprint density at radius 1 is 1.04 bits per heavy atom. The molecule has 0 aliphatic carbocycles. The van der Waals surface area contributed by atoms with Crippen LogP contribution in [0.1, 0.15) is 10.9 Å². The first kappa shape index (κ1) is 14.8. The van der Waals surface area contributed by atoms with Gasteiger partial charge in [0.05, 0.1) is 14.2 Å². The number of rotatable bonds is 4. The van der Waals surface area contributed by atoms with Crippen LogP contribution in [0.2, 0.25) is 0 Å². The number of hydrogen-bond donors (Lipinski definition) is 1. The molecule has 3 aromatic rings. The Kier molecular flexibility index (Phi) is 3.73. The standard InChI is InChI=1S/C16H15N5O2S/c1-22-12-4-3-11(9-13(12)23-2)15-20-21-14(18-19-16(21)24-15)10-5-7-17-8-6-10/h3-9,15,20H,1-2H3. The van der Waals surface area contributed by atoms with Crippen molar-refractivity contribution in [2.24, 2.45) is 0 Å². The number of thioether (sulfide) groups is 1. The molecule has 1 aliphatic rings. The van der Waals surface area contributed by atoms with Gasteiger partial charge in [-0.1, -0.05) is 17.8 Å². The number of ether oxygens (including phenoxy) is 2. The summed E-state index contributed by atoms with van der Waals surface area (Å²) in [6, 6.07) is 9.70. The molecule has 2 aromatic heterocycles. The number of aromatic nitrogens is 4. The van der Waals surface area contributed by atoms with Gasteiger partial charge in [0.2, 0.25) is 5.16 Å². The molecular formula is C16H15N5O2S. The summed E-state index contributed by atoms with van der Waals surface area (Å²) in [6.07, 6.45) is 3.48. The number of nitrogens with one attached hydrogen (secondary N) is 1. The van der Waals surface area contributed by atoms with Gasteiger partial charge in [-0.05, 0) is 29.8 Å². The van der Waals surface area contributed by atoms with Crippen molar-refractivity contribution >= 4 is 11.8 Å². The molecule has 1 atom stereocenters. The summed E-state index contributed by atoms with van der Waals surface area (Å²) in [5.41, 5.74) is 5.46. The fourth-order valence-corrected chi connectivity index (χ4v) is 3.54. The van der Waals surface area contributed by atoms with Crippen LogP contribution in [0.25, 0.3) is 11.4 Å². The van der Waals surface area contributed by atoms with Crippen LogP contribution in [0, 0.1) is 0 Å². The minimum atomic E-state index is 0.0240. The lowest BCUT2D eigenvalue weighted by Crippen LogP contribution is -2.14. The predicted octanol–water partition coefficient (Wildman–Crippen LogP) is 2.71. The first-order chi connectivity index (χ1) is 11.8. The SMILES string of the molecule is COc1ccc(C2Nn3c(nnc3-c3ccncc3)S2)cc1OC. The monoisotopic (exact) mass is 341 g/mol. The molecule has 0 fully saturated rings. The van der Waals surface area contributed by atoms with Crippen molar-refractivity contribution < 1.29 is 9.47 Å². The normalized spacial score (nSPS) is 15.7. The van der Waals surface area contributed by atoms with E-state index in [-0.39, 0.29) is 5.37 Å². The highest BCUT2D eigenvalue weighted by Gasteiger charge is 2.28. The zero-order valence-electron chi connectivity index (χ0n) is 13.1. The van der Waals surface area contributed by atoms with Gasteiger partial charge in [-0.25, -0.2) is 4.68 Å². The Morgan fingerprint density at radius 3 is 2.58 bits per heavy atom. The molecule has 0 saturated carbocycles. The lowest BCUT2D eigenvalue weighted by Gasteiger charge is -2.14. The molecule has 8 heteroatoms. The van der Waals surface area contributed by atoms with Gasteiger partial charge in [-0.3, -0.25) is 4.98 Å². The summed E-state index contributed by atoms with van der Waals surface area (Å²) in [5.74, 6) is 2.18. The van der Waals surface area contributed by atoms with Gasteiger partial charge in [0, 0.05) is 18.0 Å². The van der Waals surface area contributed by atoms with Crippen LogP contribution in [0.5, 0.6) is 11.5 Å². The Balaban J connectivity index is 1.64. The second kappa shape index (κ2) is 6.04. The van der Waals surface area contributed by atoms with E-state index in [1.807, 2.05) is 35.0 Å². The summed E-state index contributed by atoms with van der Waals surface area (Å²) in [4.78, 5) is 4.04. The number of methoxy groups -OCH3 is 2. The molecule has 1 unspecified atom stereocenters. The summed E-state index contributed by atoms with van der Waals surface area (Å²) in [7, 11) is 3.26. The van der Waals surface area contributed by atoms with Crippen molar-refractivity contribution in [1.29, 1.82) is 0 Å². The molecule has 4 rings (SSSR count). The smallest absolute Gasteiger partial charge is 0.212 e. The van der Waals surface area contributed by atoms with E-state index in [0.29, 0.717) is 11.5 Å². The molecule has 122 valence electrons. The molecule has 24 heavy (non-hydrogen) atoms. The largest absolute Gasteiger partial charge is 0.493 e. The van der Waals surface area contributed by atoms with Crippen LogP contribution in [0.3, 0.4) is 0 Å². The predicted molar refractivity (Wildman–Crippen MR) is 90.8 cm³/mol. The number of fused-ring (bicyclic) bond motifs is 1. The average molecular weight is 341 g/mol. The van der Waals surface area contributed by atoms with Crippen molar-refractivity contribution in [2.75, 3.05) is 19.6 Å². The van der Waals surface area contributed by atoms with Gasteiger partial charge >= 0.3 is 0 Å². The van der Waals surface area contributed by atoms with E-state index >= 15 is 0 Å². The van der Waals surface area contributed by atoms with Gasteiger partial charge in [0.1, 0.15) is 5.37 Å². The average Bonchev–Trinajstić information content (AvgIpc) is 3.22. The van der Waals surface area contributed by atoms with Gasteiger partial charge in [0.15, 0.2) is 17.3 Å². The third kappa shape index (κ3) is 2.44. The minimum Gasteiger partial charge on any atom is -0.493 e. The molecule has 0 spiro atoms. The molecule has 7 nitrogen and oxygen atoms in total. The van der Waals surface area contributed by atoms with E-state index in [2.05, 4.69) is 20.6 Å². The molecule has 0 saturated heterocycles. The number of pyridine rings is 1. The molecule has 1 aliphatic heterocycles. The van der Waals surface area contributed by atoms with Crippen LogP contribution in [0.15, 0.2) is 47.9 Å². The van der Waals surface area contributed by atoms with Crippen molar-refractivity contribution in [3.8, 4) is 22.9 Å². The maximum Gasteiger partial charge on any atom is 0.212 e.